The number of benzene rings is 3. The Morgan fingerprint density at radius 1 is 0.703 bits per heavy atom. The summed E-state index contributed by atoms with van der Waals surface area (Å²) in [6.07, 6.45) is 5.77. The summed E-state index contributed by atoms with van der Waals surface area (Å²) >= 11 is 0. The third-order valence-corrected chi connectivity index (χ3v) is 5.18. The second-order valence-electron chi connectivity index (χ2n) is 7.56. The number of hydrogen-bond acceptors (Lipinski definition) is 6. The second-order valence-corrected chi connectivity index (χ2v) is 7.56. The third-order valence-electron chi connectivity index (χ3n) is 5.18. The van der Waals surface area contributed by atoms with Crippen LogP contribution >= 0.6 is 0 Å². The van der Waals surface area contributed by atoms with Crippen LogP contribution in [0.1, 0.15) is 11.1 Å². The molecule has 37 heavy (non-hydrogen) atoms. The van der Waals surface area contributed by atoms with Crippen LogP contribution < -0.4 is 29.6 Å². The minimum absolute atomic E-state index is 0.358. The zero-order valence-electron chi connectivity index (χ0n) is 20.8. The molecule has 0 heterocycles. The van der Waals surface area contributed by atoms with E-state index in [-0.39, 0.29) is 5.82 Å². The number of anilines is 2. The molecule has 3 rings (SSSR count). The first-order chi connectivity index (χ1) is 17.9. The molecule has 0 fully saturated rings. The van der Waals surface area contributed by atoms with Crippen molar-refractivity contribution in [2.45, 2.75) is 0 Å². The van der Waals surface area contributed by atoms with E-state index < -0.39 is 11.8 Å². The smallest absolute Gasteiger partial charge is 0.248 e. The van der Waals surface area contributed by atoms with Crippen LogP contribution in [-0.2, 0) is 9.59 Å². The van der Waals surface area contributed by atoms with Gasteiger partial charge in [-0.05, 0) is 48.0 Å². The average molecular weight is 507 g/mol. The fraction of sp³-hybridized carbons (Fsp3) is 0.143. The van der Waals surface area contributed by atoms with E-state index in [1.807, 2.05) is 0 Å². The molecule has 0 radical (unpaired) electrons. The summed E-state index contributed by atoms with van der Waals surface area (Å²) in [5, 5.41) is 5.46. The molecule has 0 aliphatic heterocycles. The van der Waals surface area contributed by atoms with Crippen molar-refractivity contribution < 1.29 is 32.9 Å². The Morgan fingerprint density at radius 3 is 1.89 bits per heavy atom. The number of carbonyl (C=O) groups excluding carboxylic acids is 2. The Bertz CT molecular complexity index is 1290. The van der Waals surface area contributed by atoms with E-state index in [1.54, 1.807) is 54.6 Å². The fourth-order valence-electron chi connectivity index (χ4n) is 3.34. The van der Waals surface area contributed by atoms with E-state index in [9.17, 15) is 14.0 Å². The number of methoxy groups -OCH3 is 4. The van der Waals surface area contributed by atoms with Crippen LogP contribution in [0.5, 0.6) is 23.0 Å². The van der Waals surface area contributed by atoms with Gasteiger partial charge in [-0.1, -0.05) is 12.1 Å². The van der Waals surface area contributed by atoms with Crippen LogP contribution in [0.15, 0.2) is 66.7 Å². The summed E-state index contributed by atoms with van der Waals surface area (Å²) in [5.74, 6) is 0.706. The third kappa shape index (κ3) is 7.35. The molecule has 3 aromatic rings. The topological polar surface area (TPSA) is 95.1 Å². The molecule has 0 saturated heterocycles. The van der Waals surface area contributed by atoms with Crippen molar-refractivity contribution in [2.24, 2.45) is 0 Å². The maximum Gasteiger partial charge on any atom is 0.248 e. The number of hydrogen-bond donors (Lipinski definition) is 2. The van der Waals surface area contributed by atoms with Crippen LogP contribution in [0.4, 0.5) is 15.8 Å². The van der Waals surface area contributed by atoms with Gasteiger partial charge in [0.25, 0.3) is 0 Å². The summed E-state index contributed by atoms with van der Waals surface area (Å²) in [5.41, 5.74) is 2.02. The highest BCUT2D eigenvalue weighted by atomic mass is 19.1. The highest BCUT2D eigenvalue weighted by molar-refractivity contribution is 6.05. The van der Waals surface area contributed by atoms with E-state index in [0.717, 1.165) is 0 Å². The monoisotopic (exact) mass is 506 g/mol. The quantitative estimate of drug-likeness (QED) is 0.369. The minimum Gasteiger partial charge on any atom is -0.496 e. The maximum atomic E-state index is 13.0. The summed E-state index contributed by atoms with van der Waals surface area (Å²) in [7, 11) is 6.02. The number of ether oxygens (including phenoxy) is 4. The van der Waals surface area contributed by atoms with Crippen molar-refractivity contribution in [2.75, 3.05) is 39.1 Å². The van der Waals surface area contributed by atoms with Gasteiger partial charge in [0.1, 0.15) is 28.8 Å². The van der Waals surface area contributed by atoms with Gasteiger partial charge < -0.3 is 29.6 Å². The molecule has 2 N–H and O–H groups in total. The van der Waals surface area contributed by atoms with E-state index in [2.05, 4.69) is 10.6 Å². The Hall–Kier alpha value is -4.79. The molecular weight excluding hydrogens is 479 g/mol. The van der Waals surface area contributed by atoms with Crippen molar-refractivity contribution in [1.29, 1.82) is 0 Å². The molecule has 192 valence electrons. The van der Waals surface area contributed by atoms with Gasteiger partial charge in [0, 0.05) is 30.0 Å². The lowest BCUT2D eigenvalue weighted by molar-refractivity contribution is -0.112. The molecular formula is C28H27FN2O6. The molecule has 8 nitrogen and oxygen atoms in total. The van der Waals surface area contributed by atoms with Crippen molar-refractivity contribution in [3.8, 4) is 23.0 Å². The van der Waals surface area contributed by atoms with E-state index in [4.69, 9.17) is 18.9 Å². The number of carbonyl (C=O) groups is 2. The van der Waals surface area contributed by atoms with E-state index >= 15 is 0 Å². The molecule has 0 aromatic heterocycles. The Morgan fingerprint density at radius 2 is 1.30 bits per heavy atom. The van der Waals surface area contributed by atoms with E-state index in [1.165, 1.54) is 52.7 Å². The first-order valence-electron chi connectivity index (χ1n) is 11.1. The summed E-state index contributed by atoms with van der Waals surface area (Å²) < 4.78 is 34.4. The SMILES string of the molecule is COc1cc(OC)c(C=CC(=O)Nc2ccc(OC)c(NC(=O)C=Cc3ccc(F)cc3)c2)c(OC)c1. The lowest BCUT2D eigenvalue weighted by Crippen LogP contribution is -2.11. The molecule has 0 spiro atoms. The number of amides is 2. The molecule has 0 saturated carbocycles. The first-order valence-corrected chi connectivity index (χ1v) is 11.1. The molecule has 2 amide bonds. The van der Waals surface area contributed by atoms with Crippen LogP contribution in [0.25, 0.3) is 12.2 Å². The average Bonchev–Trinajstić information content (AvgIpc) is 2.91. The van der Waals surface area contributed by atoms with Crippen molar-refractivity contribution in [3.05, 3.63) is 83.7 Å². The molecule has 3 aromatic carbocycles. The second kappa shape index (κ2) is 12.8. The Balaban J connectivity index is 1.73. The largest absolute Gasteiger partial charge is 0.496 e. The summed E-state index contributed by atoms with van der Waals surface area (Å²) in [4.78, 5) is 25.0. The van der Waals surface area contributed by atoms with Gasteiger partial charge >= 0.3 is 0 Å². The van der Waals surface area contributed by atoms with Gasteiger partial charge in [-0.2, -0.15) is 0 Å². The Labute approximate surface area is 214 Å². The fourth-order valence-corrected chi connectivity index (χ4v) is 3.34. The number of rotatable bonds is 10. The first kappa shape index (κ1) is 26.8. The zero-order valence-corrected chi connectivity index (χ0v) is 20.8. The van der Waals surface area contributed by atoms with Crippen molar-refractivity contribution in [3.63, 3.8) is 0 Å². The van der Waals surface area contributed by atoms with Gasteiger partial charge in [-0.15, -0.1) is 0 Å². The zero-order chi connectivity index (χ0) is 26.8. The number of nitrogens with one attached hydrogen (secondary N) is 2. The van der Waals surface area contributed by atoms with Crippen molar-refractivity contribution in [1.82, 2.24) is 0 Å². The van der Waals surface area contributed by atoms with Crippen molar-refractivity contribution >= 4 is 35.3 Å². The predicted octanol–water partition coefficient (Wildman–Crippen LogP) is 5.16. The molecule has 0 aliphatic carbocycles. The Kier molecular flexibility index (Phi) is 9.26. The van der Waals surface area contributed by atoms with Gasteiger partial charge in [0.15, 0.2) is 0 Å². The van der Waals surface area contributed by atoms with Gasteiger partial charge in [0.05, 0.1) is 39.7 Å². The molecule has 9 heteroatoms. The highest BCUT2D eigenvalue weighted by Gasteiger charge is 2.12. The molecule has 0 bridgehead atoms. The van der Waals surface area contributed by atoms with Crippen LogP contribution in [-0.4, -0.2) is 40.3 Å². The van der Waals surface area contributed by atoms with Crippen LogP contribution in [0, 0.1) is 5.82 Å². The number of halogens is 1. The van der Waals surface area contributed by atoms with E-state index in [0.29, 0.717) is 45.5 Å². The van der Waals surface area contributed by atoms with Gasteiger partial charge in [0.2, 0.25) is 11.8 Å². The molecule has 0 unspecified atom stereocenters. The predicted molar refractivity (Wildman–Crippen MR) is 141 cm³/mol. The van der Waals surface area contributed by atoms with Crippen LogP contribution in [0.2, 0.25) is 0 Å². The lowest BCUT2D eigenvalue weighted by atomic mass is 10.1. The summed E-state index contributed by atoms with van der Waals surface area (Å²) in [6, 6.07) is 13.9. The molecule has 0 atom stereocenters. The standard InChI is InChI=1S/C28H27FN2O6/c1-34-21-16-25(36-3)22(26(17-21)37-4)11-14-27(32)30-20-10-12-24(35-2)23(15-20)31-28(33)13-7-18-5-8-19(29)9-6-18/h5-17H,1-4H3,(H,30,32)(H,31,33). The minimum atomic E-state index is -0.426. The normalized spacial score (nSPS) is 10.8. The lowest BCUT2D eigenvalue weighted by Gasteiger charge is -2.13. The summed E-state index contributed by atoms with van der Waals surface area (Å²) in [6.45, 7) is 0. The van der Waals surface area contributed by atoms with Gasteiger partial charge in [-0.25, -0.2) is 4.39 Å². The van der Waals surface area contributed by atoms with Crippen LogP contribution in [0.3, 0.4) is 0 Å². The molecule has 0 aliphatic rings. The maximum absolute atomic E-state index is 13.0. The van der Waals surface area contributed by atoms with Gasteiger partial charge in [-0.3, -0.25) is 9.59 Å². The highest BCUT2D eigenvalue weighted by Crippen LogP contribution is 2.35.